The van der Waals surface area contributed by atoms with Gasteiger partial charge in [-0.3, -0.25) is 14.4 Å². The molecule has 3 rings (SSSR count). The van der Waals surface area contributed by atoms with Gasteiger partial charge in [-0.15, -0.1) is 11.3 Å². The van der Waals surface area contributed by atoms with E-state index in [-0.39, 0.29) is 25.5 Å². The number of rotatable bonds is 7. The number of carbonyl (C=O) groups is 3. The first-order chi connectivity index (χ1) is 14.7. The minimum atomic E-state index is -3.54. The third-order valence-corrected chi connectivity index (χ3v) is 8.19. The topological polar surface area (TPSA) is 130 Å². The van der Waals surface area contributed by atoms with Gasteiger partial charge in [-0.2, -0.15) is 4.31 Å². The van der Waals surface area contributed by atoms with Crippen molar-refractivity contribution in [1.29, 1.82) is 0 Å². The first-order valence-corrected chi connectivity index (χ1v) is 13.3. The van der Waals surface area contributed by atoms with Crippen molar-refractivity contribution in [3.05, 3.63) is 22.4 Å². The maximum Gasteiger partial charge on any atom is 0.264 e. The maximum absolute atomic E-state index is 13.2. The second-order valence-corrected chi connectivity index (χ2v) is 11.2. The quantitative estimate of drug-likeness (QED) is 0.608. The van der Waals surface area contributed by atoms with Crippen molar-refractivity contribution in [2.75, 3.05) is 25.9 Å². The Kier molecular flexibility index (Phi) is 7.71. The van der Waals surface area contributed by atoms with Gasteiger partial charge in [0.2, 0.25) is 21.8 Å². The van der Waals surface area contributed by atoms with Gasteiger partial charge in [0, 0.05) is 19.6 Å². The highest BCUT2D eigenvalue weighted by Crippen LogP contribution is 2.27. The lowest BCUT2D eigenvalue weighted by molar-refractivity contribution is -0.131. The summed E-state index contributed by atoms with van der Waals surface area (Å²) in [5.74, 6) is -1.19. The molecule has 31 heavy (non-hydrogen) atoms. The van der Waals surface area contributed by atoms with E-state index in [1.165, 1.54) is 27.0 Å². The van der Waals surface area contributed by atoms with Gasteiger partial charge in [0.25, 0.3) is 5.91 Å². The number of carbonyl (C=O) groups excluding carboxylic acids is 3. The summed E-state index contributed by atoms with van der Waals surface area (Å²) in [4.78, 5) is 40.0. The van der Waals surface area contributed by atoms with Crippen molar-refractivity contribution in [1.82, 2.24) is 14.5 Å². The molecule has 3 N–H and O–H groups in total. The van der Waals surface area contributed by atoms with Gasteiger partial charge in [0.15, 0.2) is 0 Å². The zero-order valence-electron chi connectivity index (χ0n) is 17.7. The van der Waals surface area contributed by atoms with Crippen LogP contribution in [0, 0.1) is 5.92 Å². The molecule has 0 bridgehead atoms. The van der Waals surface area contributed by atoms with Crippen molar-refractivity contribution in [3.63, 3.8) is 0 Å². The first-order valence-electron chi connectivity index (χ1n) is 10.6. The van der Waals surface area contributed by atoms with Gasteiger partial charge in [-0.1, -0.05) is 38.2 Å². The number of hydrogen-bond acceptors (Lipinski definition) is 6. The average Bonchev–Trinajstić information content (AvgIpc) is 3.27. The summed E-state index contributed by atoms with van der Waals surface area (Å²) in [7, 11) is -3.54. The molecule has 0 radical (unpaired) electrons. The van der Waals surface area contributed by atoms with E-state index in [1.54, 1.807) is 17.5 Å². The van der Waals surface area contributed by atoms with Crippen LogP contribution in [0.15, 0.2) is 17.5 Å². The molecule has 2 atom stereocenters. The van der Waals surface area contributed by atoms with E-state index < -0.39 is 33.9 Å². The smallest absolute Gasteiger partial charge is 0.264 e. The standard InChI is InChI=1S/C20H30N4O5S2/c1-31(28,29)23-9-10-24(20(27)17-8-5-11-30-17)16(13-23)19(26)22-15(18(21)25)12-14-6-3-2-4-7-14/h5,8,11,14-16H,2-4,6-7,9-10,12-13H2,1H3,(H2,21,25)(H,22,26)/t15-,16+/m0/s1. The third kappa shape index (κ3) is 6.05. The molecule has 0 spiro atoms. The fraction of sp³-hybridized carbons (Fsp3) is 0.650. The SMILES string of the molecule is CS(=O)(=O)N1CCN(C(=O)c2cccs2)[C@@H](C(=O)N[C@@H](CC2CCCCC2)C(N)=O)C1. The number of nitrogens with one attached hydrogen (secondary N) is 1. The van der Waals surface area contributed by atoms with E-state index in [2.05, 4.69) is 5.32 Å². The number of sulfonamides is 1. The summed E-state index contributed by atoms with van der Waals surface area (Å²) in [6, 6.07) is 1.53. The third-order valence-electron chi connectivity index (χ3n) is 6.06. The second-order valence-electron chi connectivity index (χ2n) is 8.32. The number of thiophene rings is 1. The molecule has 1 aliphatic heterocycles. The zero-order valence-corrected chi connectivity index (χ0v) is 19.3. The number of amides is 3. The summed E-state index contributed by atoms with van der Waals surface area (Å²) in [6.45, 7) is 0.0451. The number of nitrogens with zero attached hydrogens (tertiary/aromatic N) is 2. The van der Waals surface area contributed by atoms with Gasteiger partial charge in [0.05, 0.1) is 11.1 Å². The molecule has 0 aromatic carbocycles. The summed E-state index contributed by atoms with van der Waals surface area (Å²) < 4.78 is 25.3. The first kappa shape index (κ1) is 23.7. The molecule has 1 aliphatic carbocycles. The van der Waals surface area contributed by atoms with Crippen LogP contribution in [0.2, 0.25) is 0 Å². The summed E-state index contributed by atoms with van der Waals surface area (Å²) >= 11 is 1.26. The Labute approximate surface area is 187 Å². The Morgan fingerprint density at radius 1 is 1.23 bits per heavy atom. The molecule has 2 aliphatic rings. The van der Waals surface area contributed by atoms with Gasteiger partial charge >= 0.3 is 0 Å². The highest BCUT2D eigenvalue weighted by molar-refractivity contribution is 7.88. The lowest BCUT2D eigenvalue weighted by atomic mass is 9.84. The van der Waals surface area contributed by atoms with Crippen molar-refractivity contribution < 1.29 is 22.8 Å². The van der Waals surface area contributed by atoms with Crippen LogP contribution in [0.25, 0.3) is 0 Å². The van der Waals surface area contributed by atoms with Crippen molar-refractivity contribution in [2.45, 2.75) is 50.6 Å². The Morgan fingerprint density at radius 3 is 2.52 bits per heavy atom. The highest BCUT2D eigenvalue weighted by Gasteiger charge is 2.40. The molecule has 1 aromatic rings. The monoisotopic (exact) mass is 470 g/mol. The molecular weight excluding hydrogens is 440 g/mol. The Bertz CT molecular complexity index is 897. The van der Waals surface area contributed by atoms with E-state index in [0.29, 0.717) is 17.2 Å². The molecule has 1 saturated carbocycles. The van der Waals surface area contributed by atoms with Gasteiger partial charge in [0.1, 0.15) is 12.1 Å². The summed E-state index contributed by atoms with van der Waals surface area (Å²) in [5, 5.41) is 4.48. The highest BCUT2D eigenvalue weighted by atomic mass is 32.2. The average molecular weight is 471 g/mol. The maximum atomic E-state index is 13.2. The van der Waals surface area contributed by atoms with Crippen LogP contribution < -0.4 is 11.1 Å². The van der Waals surface area contributed by atoms with E-state index in [9.17, 15) is 22.8 Å². The van der Waals surface area contributed by atoms with Crippen molar-refractivity contribution in [3.8, 4) is 0 Å². The lowest BCUT2D eigenvalue weighted by Gasteiger charge is -2.39. The van der Waals surface area contributed by atoms with Crippen molar-refractivity contribution >= 4 is 39.1 Å². The van der Waals surface area contributed by atoms with E-state index in [0.717, 1.165) is 31.9 Å². The fourth-order valence-corrected chi connectivity index (χ4v) is 5.84. The summed E-state index contributed by atoms with van der Waals surface area (Å²) in [6.07, 6.45) is 6.89. The van der Waals surface area contributed by atoms with Gasteiger partial charge in [-0.05, 0) is 23.8 Å². The molecule has 1 saturated heterocycles. The van der Waals surface area contributed by atoms with Crippen molar-refractivity contribution in [2.24, 2.45) is 11.7 Å². The molecule has 2 heterocycles. The van der Waals surface area contributed by atoms with Gasteiger partial charge in [-0.25, -0.2) is 8.42 Å². The molecule has 2 fully saturated rings. The molecule has 11 heteroatoms. The molecule has 3 amide bonds. The molecule has 1 aromatic heterocycles. The minimum Gasteiger partial charge on any atom is -0.368 e. The zero-order chi connectivity index (χ0) is 22.6. The number of nitrogens with two attached hydrogens (primary N) is 1. The Hall–Kier alpha value is -1.98. The second kappa shape index (κ2) is 10.1. The van der Waals surface area contributed by atoms with Crippen LogP contribution in [0.3, 0.4) is 0 Å². The largest absolute Gasteiger partial charge is 0.368 e. The molecule has 172 valence electrons. The van der Waals surface area contributed by atoms with Crippen LogP contribution >= 0.6 is 11.3 Å². The van der Waals surface area contributed by atoms with Gasteiger partial charge < -0.3 is 16.0 Å². The van der Waals surface area contributed by atoms with E-state index >= 15 is 0 Å². The van der Waals surface area contributed by atoms with Crippen LogP contribution in [0.1, 0.15) is 48.2 Å². The number of primary amides is 1. The summed E-state index contributed by atoms with van der Waals surface area (Å²) in [5.41, 5.74) is 5.56. The Balaban J connectivity index is 1.77. The van der Waals surface area contributed by atoms with E-state index in [4.69, 9.17) is 5.73 Å². The Morgan fingerprint density at radius 2 is 1.94 bits per heavy atom. The predicted octanol–water partition coefficient (Wildman–Crippen LogP) is 0.775. The number of hydrogen-bond donors (Lipinski definition) is 2. The fourth-order valence-electron chi connectivity index (χ4n) is 4.34. The molecule has 0 unspecified atom stereocenters. The van der Waals surface area contributed by atoms with E-state index in [1.807, 2.05) is 0 Å². The lowest BCUT2D eigenvalue weighted by Crippen LogP contribution is -2.63. The van der Waals surface area contributed by atoms with Crippen LogP contribution in [0.4, 0.5) is 0 Å². The van der Waals surface area contributed by atoms with Crippen LogP contribution in [-0.2, 0) is 19.6 Å². The number of piperazine rings is 1. The van der Waals surface area contributed by atoms with Crippen LogP contribution in [-0.4, -0.2) is 73.3 Å². The van der Waals surface area contributed by atoms with Crippen LogP contribution in [0.5, 0.6) is 0 Å². The predicted molar refractivity (Wildman–Crippen MR) is 118 cm³/mol. The minimum absolute atomic E-state index is 0.0890. The molecular formula is C20H30N4O5S2. The normalized spacial score (nSPS) is 22.1. The molecule has 9 nitrogen and oxygen atoms in total.